The van der Waals surface area contributed by atoms with E-state index in [1.165, 1.54) is 5.56 Å². The lowest BCUT2D eigenvalue weighted by Gasteiger charge is -2.07. The largest absolute Gasteiger partial charge is 0.143 e. The zero-order valence-electron chi connectivity index (χ0n) is 7.54. The third-order valence-electron chi connectivity index (χ3n) is 1.94. The van der Waals surface area contributed by atoms with Crippen LogP contribution in [-0.4, -0.2) is 0 Å². The van der Waals surface area contributed by atoms with Gasteiger partial charge in [0.15, 0.2) is 0 Å². The van der Waals surface area contributed by atoms with Crippen molar-refractivity contribution in [2.75, 3.05) is 0 Å². The molecule has 0 bridgehead atoms. The maximum atomic E-state index is 4.32. The summed E-state index contributed by atoms with van der Waals surface area (Å²) in [6.45, 7) is 8.11. The molecule has 0 atom stereocenters. The highest BCUT2D eigenvalue weighted by molar-refractivity contribution is 7.80. The molecule has 0 saturated carbocycles. The summed E-state index contributed by atoms with van der Waals surface area (Å²) in [5.74, 6) is 0.567. The number of thiol groups is 1. The quantitative estimate of drug-likeness (QED) is 0.655. The molecule has 0 N–H and O–H groups in total. The Bertz CT molecular complexity index is 287. The van der Waals surface area contributed by atoms with Crippen molar-refractivity contribution in [1.29, 1.82) is 0 Å². The number of hydrogen-bond acceptors (Lipinski definition) is 1. The molecule has 0 heterocycles. The molecule has 64 valence electrons. The SMILES string of the molecule is C=Cc1cc(C(C)C)ccc1S. The van der Waals surface area contributed by atoms with Crippen molar-refractivity contribution in [2.24, 2.45) is 0 Å². The van der Waals surface area contributed by atoms with Crippen LogP contribution in [0.5, 0.6) is 0 Å². The molecule has 0 amide bonds. The van der Waals surface area contributed by atoms with Gasteiger partial charge < -0.3 is 0 Å². The number of rotatable bonds is 2. The van der Waals surface area contributed by atoms with Crippen LogP contribution in [0.25, 0.3) is 6.08 Å². The second kappa shape index (κ2) is 3.81. The van der Waals surface area contributed by atoms with Gasteiger partial charge in [0.2, 0.25) is 0 Å². The van der Waals surface area contributed by atoms with Gasteiger partial charge in [0.25, 0.3) is 0 Å². The maximum Gasteiger partial charge on any atom is 0.0113 e. The van der Waals surface area contributed by atoms with Gasteiger partial charge in [0, 0.05) is 4.90 Å². The number of hydrogen-bond donors (Lipinski definition) is 1. The van der Waals surface area contributed by atoms with Gasteiger partial charge >= 0.3 is 0 Å². The maximum absolute atomic E-state index is 4.32. The van der Waals surface area contributed by atoms with E-state index in [0.717, 1.165) is 10.5 Å². The molecule has 1 aromatic rings. The minimum atomic E-state index is 0.567. The van der Waals surface area contributed by atoms with Crippen LogP contribution in [0.4, 0.5) is 0 Å². The Balaban J connectivity index is 3.13. The van der Waals surface area contributed by atoms with Crippen molar-refractivity contribution in [3.8, 4) is 0 Å². The van der Waals surface area contributed by atoms with Gasteiger partial charge in [0.05, 0.1) is 0 Å². The Hall–Kier alpha value is -0.690. The Morgan fingerprint density at radius 3 is 2.58 bits per heavy atom. The highest BCUT2D eigenvalue weighted by Gasteiger charge is 2.00. The molecule has 12 heavy (non-hydrogen) atoms. The van der Waals surface area contributed by atoms with Crippen molar-refractivity contribution in [3.63, 3.8) is 0 Å². The normalized spacial score (nSPS) is 10.3. The molecule has 0 unspecified atom stereocenters. The third-order valence-corrected chi connectivity index (χ3v) is 2.35. The molecule has 0 aliphatic carbocycles. The van der Waals surface area contributed by atoms with E-state index < -0.39 is 0 Å². The highest BCUT2D eigenvalue weighted by Crippen LogP contribution is 2.21. The fraction of sp³-hybridized carbons (Fsp3) is 0.273. The van der Waals surface area contributed by atoms with Gasteiger partial charge in [-0.2, -0.15) is 0 Å². The summed E-state index contributed by atoms with van der Waals surface area (Å²) in [5, 5.41) is 0. The summed E-state index contributed by atoms with van der Waals surface area (Å²) in [6.07, 6.45) is 1.84. The first kappa shape index (κ1) is 9.40. The molecule has 0 radical (unpaired) electrons. The van der Waals surface area contributed by atoms with Crippen LogP contribution in [-0.2, 0) is 0 Å². The molecule has 0 aliphatic heterocycles. The van der Waals surface area contributed by atoms with Crippen LogP contribution < -0.4 is 0 Å². The van der Waals surface area contributed by atoms with E-state index in [1.54, 1.807) is 0 Å². The summed E-state index contributed by atoms with van der Waals surface area (Å²) in [6, 6.07) is 6.27. The lowest BCUT2D eigenvalue weighted by Crippen LogP contribution is -1.88. The van der Waals surface area contributed by atoms with Gasteiger partial charge in [-0.3, -0.25) is 0 Å². The van der Waals surface area contributed by atoms with Crippen LogP contribution >= 0.6 is 12.6 Å². The molecule has 0 aromatic heterocycles. The van der Waals surface area contributed by atoms with Gasteiger partial charge in [-0.1, -0.05) is 38.6 Å². The minimum Gasteiger partial charge on any atom is -0.143 e. The van der Waals surface area contributed by atoms with Gasteiger partial charge in [0.1, 0.15) is 0 Å². The third kappa shape index (κ3) is 1.92. The molecule has 0 nitrogen and oxygen atoms in total. The molecule has 1 aromatic carbocycles. The summed E-state index contributed by atoms with van der Waals surface area (Å²) in [7, 11) is 0. The zero-order valence-corrected chi connectivity index (χ0v) is 8.44. The second-order valence-electron chi connectivity index (χ2n) is 3.18. The zero-order chi connectivity index (χ0) is 9.14. The summed E-state index contributed by atoms with van der Waals surface area (Å²) in [4.78, 5) is 0.995. The molecule has 1 heteroatoms. The highest BCUT2D eigenvalue weighted by atomic mass is 32.1. The van der Waals surface area contributed by atoms with E-state index in [-0.39, 0.29) is 0 Å². The van der Waals surface area contributed by atoms with E-state index in [1.807, 2.05) is 12.1 Å². The first-order chi connectivity index (χ1) is 5.65. The second-order valence-corrected chi connectivity index (χ2v) is 3.66. The molecular formula is C11H14S. The molecule has 0 aliphatic rings. The van der Waals surface area contributed by atoms with Gasteiger partial charge in [-0.05, 0) is 23.1 Å². The molecule has 0 saturated heterocycles. The Morgan fingerprint density at radius 1 is 1.42 bits per heavy atom. The van der Waals surface area contributed by atoms with Gasteiger partial charge in [-0.15, -0.1) is 12.6 Å². The van der Waals surface area contributed by atoms with Crippen LogP contribution in [0.2, 0.25) is 0 Å². The predicted molar refractivity (Wildman–Crippen MR) is 57.9 cm³/mol. The predicted octanol–water partition coefficient (Wildman–Crippen LogP) is 3.74. The van der Waals surface area contributed by atoms with Gasteiger partial charge in [-0.25, -0.2) is 0 Å². The van der Waals surface area contributed by atoms with Crippen molar-refractivity contribution in [3.05, 3.63) is 35.9 Å². The lowest BCUT2D eigenvalue weighted by atomic mass is 10.0. The van der Waals surface area contributed by atoms with E-state index >= 15 is 0 Å². The van der Waals surface area contributed by atoms with Crippen molar-refractivity contribution < 1.29 is 0 Å². The average Bonchev–Trinajstić information content (AvgIpc) is 2.05. The molecule has 1 rings (SSSR count). The molecule has 0 fully saturated rings. The van der Waals surface area contributed by atoms with E-state index in [9.17, 15) is 0 Å². The monoisotopic (exact) mass is 178 g/mol. The summed E-state index contributed by atoms with van der Waals surface area (Å²) in [5.41, 5.74) is 2.45. The average molecular weight is 178 g/mol. The van der Waals surface area contributed by atoms with Crippen LogP contribution in [0.15, 0.2) is 29.7 Å². The topological polar surface area (TPSA) is 0 Å². The standard InChI is InChI=1S/C11H14S/c1-4-9-7-10(8(2)3)5-6-11(9)12/h4-8,12H,1H2,2-3H3. The molecule has 0 spiro atoms. The fourth-order valence-electron chi connectivity index (χ4n) is 1.10. The Morgan fingerprint density at radius 2 is 2.08 bits per heavy atom. The van der Waals surface area contributed by atoms with Crippen molar-refractivity contribution >= 4 is 18.7 Å². The first-order valence-electron chi connectivity index (χ1n) is 4.10. The smallest absolute Gasteiger partial charge is 0.0113 e. The first-order valence-corrected chi connectivity index (χ1v) is 4.55. The van der Waals surface area contributed by atoms with E-state index in [0.29, 0.717) is 5.92 Å². The van der Waals surface area contributed by atoms with Crippen LogP contribution in [0.1, 0.15) is 30.9 Å². The van der Waals surface area contributed by atoms with Crippen molar-refractivity contribution in [2.45, 2.75) is 24.7 Å². The van der Waals surface area contributed by atoms with Crippen LogP contribution in [0.3, 0.4) is 0 Å². The Kier molecular flexibility index (Phi) is 2.99. The fourth-order valence-corrected chi connectivity index (χ4v) is 1.33. The van der Waals surface area contributed by atoms with E-state index in [4.69, 9.17) is 0 Å². The summed E-state index contributed by atoms with van der Waals surface area (Å²) < 4.78 is 0. The Labute approximate surface area is 79.7 Å². The summed E-state index contributed by atoms with van der Waals surface area (Å²) >= 11 is 4.32. The van der Waals surface area contributed by atoms with Crippen LogP contribution in [0, 0.1) is 0 Å². The van der Waals surface area contributed by atoms with Crippen molar-refractivity contribution in [1.82, 2.24) is 0 Å². The minimum absolute atomic E-state index is 0.567. The lowest BCUT2D eigenvalue weighted by molar-refractivity contribution is 0.864. The molecular weight excluding hydrogens is 164 g/mol. The number of benzene rings is 1. The van der Waals surface area contributed by atoms with E-state index in [2.05, 4.69) is 45.2 Å².